The van der Waals surface area contributed by atoms with E-state index in [2.05, 4.69) is 0 Å². The minimum atomic E-state index is 0. The molecule has 0 heterocycles. The van der Waals surface area contributed by atoms with Crippen molar-refractivity contribution in [3.8, 4) is 0 Å². The molecule has 0 saturated heterocycles. The molecule has 0 unspecified atom stereocenters. The van der Waals surface area contributed by atoms with Crippen LogP contribution in [-0.2, 0) is 26.2 Å². The fraction of sp³-hybridized carbons (Fsp3) is 1.00. The van der Waals surface area contributed by atoms with Crippen LogP contribution in [-0.4, -0.2) is 13.2 Å². The van der Waals surface area contributed by atoms with Gasteiger partial charge in [-0.15, -0.1) is 13.2 Å². The average Bonchev–Trinajstić information content (AvgIpc) is 1.93. The van der Waals surface area contributed by atoms with Gasteiger partial charge in [-0.2, -0.15) is 0 Å². The normalized spacial score (nSPS) is 7.64. The van der Waals surface area contributed by atoms with Gasteiger partial charge in [0.15, 0.2) is 0 Å². The Hall–Kier alpha value is 0.803. The Kier molecular flexibility index (Phi) is 36.2. The van der Waals surface area contributed by atoms with Gasteiger partial charge in [0.1, 0.15) is 0 Å². The third-order valence-electron chi connectivity index (χ3n) is 0.996. The van der Waals surface area contributed by atoms with Crippen LogP contribution in [0.15, 0.2) is 0 Å². The van der Waals surface area contributed by atoms with Gasteiger partial charge >= 0.3 is 26.2 Å². The zero-order chi connectivity index (χ0) is 8.24. The molecule has 0 aliphatic carbocycles. The van der Waals surface area contributed by atoms with E-state index in [-0.39, 0.29) is 39.4 Å². The van der Waals surface area contributed by atoms with Crippen molar-refractivity contribution in [2.75, 3.05) is 13.2 Å². The Morgan fingerprint density at radius 2 is 1.09 bits per heavy atom. The second kappa shape index (κ2) is 22.4. The van der Waals surface area contributed by atoms with E-state index in [1.165, 1.54) is 0 Å². The van der Waals surface area contributed by atoms with Crippen LogP contribution >= 0.6 is 0 Å². The van der Waals surface area contributed by atoms with Crippen molar-refractivity contribution in [1.82, 2.24) is 0 Å². The fourth-order valence-electron chi connectivity index (χ4n) is 0.289. The molecule has 0 amide bonds. The summed E-state index contributed by atoms with van der Waals surface area (Å²) >= 11 is 0. The largest absolute Gasteiger partial charge is 2.00 e. The molecule has 0 aliphatic rings. The van der Waals surface area contributed by atoms with Crippen LogP contribution in [0, 0.1) is 0 Å². The molecule has 0 radical (unpaired) electrons. The van der Waals surface area contributed by atoms with Crippen LogP contribution < -0.4 is 10.2 Å². The number of unbranched alkanes of at least 4 members (excludes halogenated alkanes) is 2. The van der Waals surface area contributed by atoms with E-state index in [1.807, 2.05) is 13.8 Å². The predicted molar refractivity (Wildman–Crippen MR) is 39.6 cm³/mol. The van der Waals surface area contributed by atoms with Crippen molar-refractivity contribution in [2.24, 2.45) is 0 Å². The van der Waals surface area contributed by atoms with E-state index in [4.69, 9.17) is 0 Å². The molecule has 11 heavy (non-hydrogen) atoms. The van der Waals surface area contributed by atoms with E-state index in [9.17, 15) is 10.2 Å². The Morgan fingerprint density at radius 1 is 0.818 bits per heavy atom. The first kappa shape index (κ1) is 17.8. The molecule has 0 atom stereocenters. The Morgan fingerprint density at radius 3 is 1.09 bits per heavy atom. The molecule has 0 aliphatic heterocycles. The van der Waals surface area contributed by atoms with Crippen molar-refractivity contribution in [3.63, 3.8) is 0 Å². The van der Waals surface area contributed by atoms with Gasteiger partial charge in [-0.3, -0.25) is 0 Å². The van der Waals surface area contributed by atoms with Gasteiger partial charge in [-0.05, 0) is 0 Å². The molecule has 0 bridgehead atoms. The second-order valence-electron chi connectivity index (χ2n) is 2.12. The minimum Gasteiger partial charge on any atom is -0.854 e. The van der Waals surface area contributed by atoms with Crippen LogP contribution in [0.3, 0.4) is 0 Å². The summed E-state index contributed by atoms with van der Waals surface area (Å²) in [5.41, 5.74) is 0. The standard InChI is InChI=1S/2C4H9O.Zr/c2*1-2-3-4-5;/h2*2-4H2,1H3;/q2*-1;+2. The molecule has 0 N–H and O–H groups in total. The van der Waals surface area contributed by atoms with Crippen molar-refractivity contribution in [2.45, 2.75) is 39.5 Å². The first-order chi connectivity index (χ1) is 4.83. The van der Waals surface area contributed by atoms with Crippen LogP contribution in [0.1, 0.15) is 39.5 Å². The van der Waals surface area contributed by atoms with Gasteiger partial charge in [0.25, 0.3) is 0 Å². The SMILES string of the molecule is CCCC[O-].CCCC[O-].[Zr+2]. The Balaban J connectivity index is -0.000000107. The zero-order valence-electron chi connectivity index (χ0n) is 7.56. The Labute approximate surface area is 89.1 Å². The van der Waals surface area contributed by atoms with E-state index >= 15 is 0 Å². The zero-order valence-corrected chi connectivity index (χ0v) is 10.0. The molecular weight excluding hydrogens is 219 g/mol. The van der Waals surface area contributed by atoms with Crippen LogP contribution in [0.5, 0.6) is 0 Å². The van der Waals surface area contributed by atoms with Crippen LogP contribution in [0.4, 0.5) is 0 Å². The van der Waals surface area contributed by atoms with Gasteiger partial charge in [-0.25, -0.2) is 0 Å². The van der Waals surface area contributed by atoms with Gasteiger partial charge in [0, 0.05) is 0 Å². The summed E-state index contributed by atoms with van der Waals surface area (Å²) < 4.78 is 0. The molecule has 0 aromatic carbocycles. The molecule has 66 valence electrons. The van der Waals surface area contributed by atoms with E-state index in [0.29, 0.717) is 0 Å². The minimum absolute atomic E-state index is 0. The molecule has 0 fully saturated rings. The van der Waals surface area contributed by atoms with Gasteiger partial charge < -0.3 is 10.2 Å². The summed E-state index contributed by atoms with van der Waals surface area (Å²) in [7, 11) is 0. The molecule has 0 aromatic heterocycles. The number of rotatable bonds is 4. The molecular formula is C8H18O2Zr. The third-order valence-corrected chi connectivity index (χ3v) is 0.996. The smallest absolute Gasteiger partial charge is 0.854 e. The maximum Gasteiger partial charge on any atom is 2.00 e. The summed E-state index contributed by atoms with van der Waals surface area (Å²) in [6.45, 7) is 4.21. The summed E-state index contributed by atoms with van der Waals surface area (Å²) in [6, 6.07) is 0. The number of hydrogen-bond donors (Lipinski definition) is 0. The van der Waals surface area contributed by atoms with Gasteiger partial charge in [0.2, 0.25) is 0 Å². The Bertz CT molecular complexity index is 33.1. The maximum absolute atomic E-state index is 9.53. The second-order valence-corrected chi connectivity index (χ2v) is 2.12. The first-order valence-electron chi connectivity index (χ1n) is 3.99. The number of hydrogen-bond acceptors (Lipinski definition) is 2. The monoisotopic (exact) mass is 236 g/mol. The summed E-state index contributed by atoms with van der Waals surface area (Å²) in [4.78, 5) is 0. The van der Waals surface area contributed by atoms with Crippen molar-refractivity contribution in [3.05, 3.63) is 0 Å². The van der Waals surface area contributed by atoms with Crippen LogP contribution in [0.25, 0.3) is 0 Å². The maximum atomic E-state index is 9.53. The molecule has 0 aromatic rings. The van der Waals surface area contributed by atoms with Gasteiger partial charge in [-0.1, -0.05) is 39.5 Å². The average molecular weight is 237 g/mol. The summed E-state index contributed by atoms with van der Waals surface area (Å²) in [5.74, 6) is 0. The van der Waals surface area contributed by atoms with Crippen molar-refractivity contribution in [1.29, 1.82) is 0 Å². The quantitative estimate of drug-likeness (QED) is 0.705. The van der Waals surface area contributed by atoms with Crippen molar-refractivity contribution < 1.29 is 36.4 Å². The summed E-state index contributed by atoms with van der Waals surface area (Å²) in [5, 5.41) is 19.1. The molecule has 0 rings (SSSR count). The topological polar surface area (TPSA) is 46.1 Å². The summed E-state index contributed by atoms with van der Waals surface area (Å²) in [6.07, 6.45) is 3.73. The first-order valence-corrected chi connectivity index (χ1v) is 3.99. The fourth-order valence-corrected chi connectivity index (χ4v) is 0.289. The molecule has 0 spiro atoms. The van der Waals surface area contributed by atoms with E-state index in [0.717, 1.165) is 25.7 Å². The third kappa shape index (κ3) is 36.3. The van der Waals surface area contributed by atoms with E-state index < -0.39 is 0 Å². The van der Waals surface area contributed by atoms with E-state index in [1.54, 1.807) is 0 Å². The predicted octanol–water partition coefficient (Wildman–Crippen LogP) is 0.291. The van der Waals surface area contributed by atoms with Crippen molar-refractivity contribution >= 4 is 0 Å². The molecule has 2 nitrogen and oxygen atoms in total. The molecule has 3 heteroatoms. The van der Waals surface area contributed by atoms with Gasteiger partial charge in [0.05, 0.1) is 0 Å². The van der Waals surface area contributed by atoms with Crippen LogP contribution in [0.2, 0.25) is 0 Å². The molecule has 0 saturated carbocycles.